The summed E-state index contributed by atoms with van der Waals surface area (Å²) in [6, 6.07) is 21.8. The van der Waals surface area contributed by atoms with Gasteiger partial charge in [-0.25, -0.2) is 0 Å². The minimum absolute atomic E-state index is 0.0890. The number of imide groups is 1. The van der Waals surface area contributed by atoms with Gasteiger partial charge in [-0.3, -0.25) is 24.1 Å². The number of aromatic hydroxyl groups is 1. The van der Waals surface area contributed by atoms with Gasteiger partial charge in [0.05, 0.1) is 24.6 Å². The number of amides is 2. The van der Waals surface area contributed by atoms with Crippen LogP contribution in [0.15, 0.2) is 107 Å². The van der Waals surface area contributed by atoms with Crippen LogP contribution in [0.1, 0.15) is 31.2 Å². The first-order valence-electron chi connectivity index (χ1n) is 14.6. The Morgan fingerprint density at radius 1 is 0.886 bits per heavy atom. The molecule has 1 heterocycles. The van der Waals surface area contributed by atoms with E-state index >= 15 is 0 Å². The summed E-state index contributed by atoms with van der Waals surface area (Å²) in [4.78, 5) is 56.1. The van der Waals surface area contributed by atoms with Crippen molar-refractivity contribution in [2.75, 3.05) is 17.3 Å². The summed E-state index contributed by atoms with van der Waals surface area (Å²) in [7, 11) is 1.45. The van der Waals surface area contributed by atoms with Crippen molar-refractivity contribution in [2.45, 2.75) is 25.7 Å². The van der Waals surface area contributed by atoms with Crippen LogP contribution in [-0.2, 0) is 19.2 Å². The van der Waals surface area contributed by atoms with Gasteiger partial charge in [-0.05, 0) is 85.9 Å². The van der Waals surface area contributed by atoms with Crippen LogP contribution in [0.25, 0.3) is 0 Å². The number of para-hydroxylation sites is 1. The normalized spacial score (nSPS) is 24.4. The lowest BCUT2D eigenvalue weighted by Gasteiger charge is -2.42. The lowest BCUT2D eigenvalue weighted by molar-refractivity contribution is -0.123. The topological polar surface area (TPSA) is 113 Å². The average Bonchev–Trinajstić information content (AvgIpc) is 3.29. The standard InChI is InChI=1S/C36H30N2O6/c1-19-16-28(39)27-18-26-24(31(33(27)34(19)41)20-8-15-30(44-2)29(40)17-20)13-14-25-32(26)36(43)38(35(25)42)23-11-9-22(10-12-23)37-21-6-4-3-5-7-21/h3-13,15-17,25-26,31-32,37,40H,14,18H2,1-2H3/t25-,26+,31-,32-/m0/s1. The van der Waals surface area contributed by atoms with E-state index < -0.39 is 23.7 Å². The molecule has 7 rings (SSSR count). The van der Waals surface area contributed by atoms with Crippen molar-refractivity contribution in [2.24, 2.45) is 17.8 Å². The summed E-state index contributed by atoms with van der Waals surface area (Å²) in [6.45, 7) is 1.63. The molecule has 8 heteroatoms. The lowest BCUT2D eigenvalue weighted by Crippen LogP contribution is -2.39. The molecule has 0 unspecified atom stereocenters. The predicted octanol–water partition coefficient (Wildman–Crippen LogP) is 5.78. The van der Waals surface area contributed by atoms with Gasteiger partial charge in [-0.15, -0.1) is 0 Å². The zero-order chi connectivity index (χ0) is 30.7. The molecule has 2 amide bonds. The maximum atomic E-state index is 14.1. The van der Waals surface area contributed by atoms with Crippen LogP contribution in [0, 0.1) is 17.8 Å². The summed E-state index contributed by atoms with van der Waals surface area (Å²) >= 11 is 0. The van der Waals surface area contributed by atoms with Crippen LogP contribution in [0.3, 0.4) is 0 Å². The number of carbonyl (C=O) groups excluding carboxylic acids is 4. The number of rotatable bonds is 5. The molecule has 1 fully saturated rings. The van der Waals surface area contributed by atoms with Crippen molar-refractivity contribution in [1.82, 2.24) is 0 Å². The van der Waals surface area contributed by atoms with Gasteiger partial charge in [0.1, 0.15) is 0 Å². The molecule has 0 aromatic heterocycles. The van der Waals surface area contributed by atoms with E-state index in [0.29, 0.717) is 34.4 Å². The second-order valence-corrected chi connectivity index (χ2v) is 11.7. The second kappa shape index (κ2) is 10.5. The number of Topliss-reactive ketones (excluding diaryl/α,β-unsaturated/α-hetero) is 1. The fourth-order valence-electron chi connectivity index (χ4n) is 7.26. The Kier molecular flexibility index (Phi) is 6.57. The number of nitrogens with one attached hydrogen (secondary N) is 1. The molecule has 4 aliphatic rings. The summed E-state index contributed by atoms with van der Waals surface area (Å²) in [5, 5.41) is 13.9. The molecule has 1 aliphatic heterocycles. The van der Waals surface area contributed by atoms with Gasteiger partial charge < -0.3 is 15.2 Å². The third-order valence-electron chi connectivity index (χ3n) is 9.29. The van der Waals surface area contributed by atoms with Crippen molar-refractivity contribution in [3.63, 3.8) is 0 Å². The Morgan fingerprint density at radius 2 is 1.61 bits per heavy atom. The first-order chi connectivity index (χ1) is 21.3. The molecular weight excluding hydrogens is 556 g/mol. The zero-order valence-corrected chi connectivity index (χ0v) is 24.2. The smallest absolute Gasteiger partial charge is 0.238 e. The quantitative estimate of drug-likeness (QED) is 0.221. The minimum atomic E-state index is -0.678. The fourth-order valence-corrected chi connectivity index (χ4v) is 7.26. The van der Waals surface area contributed by atoms with E-state index in [-0.39, 0.29) is 41.3 Å². The molecule has 0 radical (unpaired) electrons. The molecule has 3 aromatic rings. The highest BCUT2D eigenvalue weighted by Crippen LogP contribution is 2.56. The zero-order valence-electron chi connectivity index (χ0n) is 24.2. The Morgan fingerprint density at radius 3 is 2.32 bits per heavy atom. The number of ether oxygens (including phenoxy) is 1. The van der Waals surface area contributed by atoms with Crippen molar-refractivity contribution >= 4 is 40.4 Å². The van der Waals surface area contributed by atoms with Crippen LogP contribution in [0.5, 0.6) is 11.5 Å². The number of carbonyl (C=O) groups is 4. The molecule has 0 bridgehead atoms. The number of ketones is 2. The van der Waals surface area contributed by atoms with E-state index in [1.807, 2.05) is 48.5 Å². The summed E-state index contributed by atoms with van der Waals surface area (Å²) in [6.07, 6.45) is 3.86. The van der Waals surface area contributed by atoms with Crippen molar-refractivity contribution < 1.29 is 29.0 Å². The van der Waals surface area contributed by atoms with E-state index in [1.165, 1.54) is 18.1 Å². The predicted molar refractivity (Wildman–Crippen MR) is 165 cm³/mol. The molecule has 0 spiro atoms. The fraction of sp³-hybridized carbons (Fsp3) is 0.222. The van der Waals surface area contributed by atoms with E-state index in [9.17, 15) is 24.3 Å². The van der Waals surface area contributed by atoms with Crippen LogP contribution < -0.4 is 15.0 Å². The number of benzene rings is 3. The van der Waals surface area contributed by atoms with Crippen LogP contribution in [0.4, 0.5) is 17.1 Å². The molecule has 3 aliphatic carbocycles. The average molecular weight is 587 g/mol. The van der Waals surface area contributed by atoms with Crippen molar-refractivity contribution in [3.8, 4) is 11.5 Å². The number of methoxy groups -OCH3 is 1. The summed E-state index contributed by atoms with van der Waals surface area (Å²) in [5.74, 6) is -3.19. The van der Waals surface area contributed by atoms with Gasteiger partial charge in [-0.1, -0.05) is 35.9 Å². The van der Waals surface area contributed by atoms with E-state index in [4.69, 9.17) is 4.74 Å². The van der Waals surface area contributed by atoms with Crippen molar-refractivity contribution in [1.29, 1.82) is 0 Å². The monoisotopic (exact) mass is 586 g/mol. The Hall–Kier alpha value is -5.24. The highest BCUT2D eigenvalue weighted by molar-refractivity contribution is 6.25. The van der Waals surface area contributed by atoms with Crippen LogP contribution >= 0.6 is 0 Å². The maximum Gasteiger partial charge on any atom is 0.238 e. The molecule has 220 valence electrons. The molecule has 2 N–H and O–H groups in total. The first-order valence-corrected chi connectivity index (χ1v) is 14.6. The largest absolute Gasteiger partial charge is 0.504 e. The number of hydrogen-bond acceptors (Lipinski definition) is 7. The van der Waals surface area contributed by atoms with Crippen molar-refractivity contribution in [3.05, 3.63) is 113 Å². The van der Waals surface area contributed by atoms with Gasteiger partial charge in [0, 0.05) is 34.0 Å². The molecule has 3 aromatic carbocycles. The van der Waals surface area contributed by atoms with E-state index in [1.54, 1.807) is 37.3 Å². The lowest BCUT2D eigenvalue weighted by atomic mass is 9.59. The molecule has 8 nitrogen and oxygen atoms in total. The third-order valence-corrected chi connectivity index (χ3v) is 9.29. The minimum Gasteiger partial charge on any atom is -0.504 e. The molecule has 1 saturated heterocycles. The van der Waals surface area contributed by atoms with Crippen LogP contribution in [-0.4, -0.2) is 35.6 Å². The highest BCUT2D eigenvalue weighted by atomic mass is 16.5. The number of anilines is 3. The second-order valence-electron chi connectivity index (χ2n) is 11.7. The number of phenolic OH excluding ortho intramolecular Hbond substituents is 1. The summed E-state index contributed by atoms with van der Waals surface area (Å²) < 4.78 is 5.23. The van der Waals surface area contributed by atoms with Gasteiger partial charge in [0.25, 0.3) is 0 Å². The highest BCUT2D eigenvalue weighted by Gasteiger charge is 2.56. The number of nitrogens with zero attached hydrogens (tertiary/aromatic N) is 1. The Labute approximate surface area is 254 Å². The number of hydrogen-bond donors (Lipinski definition) is 2. The Balaban J connectivity index is 1.25. The van der Waals surface area contributed by atoms with Crippen LogP contribution in [0.2, 0.25) is 0 Å². The molecular formula is C36H30N2O6. The SMILES string of the molecule is COc1ccc([C@H]2C3=CC[C@@H]4C(=O)N(c5ccc(Nc6ccccc6)cc5)C(=O)[C@@H]4[C@@H]3CC3=C2C(=O)C(C)=CC3=O)cc1O. The Bertz CT molecular complexity index is 1840. The molecule has 4 atom stereocenters. The van der Waals surface area contributed by atoms with E-state index in [0.717, 1.165) is 16.9 Å². The first kappa shape index (κ1) is 27.6. The maximum absolute atomic E-state index is 14.1. The van der Waals surface area contributed by atoms with Gasteiger partial charge >= 0.3 is 0 Å². The number of allylic oxidation sites excluding steroid dienone is 6. The number of fused-ring (bicyclic) bond motifs is 3. The third kappa shape index (κ3) is 4.28. The van der Waals surface area contributed by atoms with E-state index in [2.05, 4.69) is 5.32 Å². The molecule has 44 heavy (non-hydrogen) atoms. The van der Waals surface area contributed by atoms with Gasteiger partial charge in [-0.2, -0.15) is 0 Å². The molecule has 0 saturated carbocycles. The summed E-state index contributed by atoms with van der Waals surface area (Å²) in [5.41, 5.74) is 4.80. The van der Waals surface area contributed by atoms with Gasteiger partial charge in [0.2, 0.25) is 11.8 Å². The van der Waals surface area contributed by atoms with Gasteiger partial charge in [0.15, 0.2) is 23.1 Å². The number of phenols is 1.